The molecule has 18 heavy (non-hydrogen) atoms. The number of likely N-dealkylation sites (tertiary alicyclic amines) is 1. The Morgan fingerprint density at radius 1 is 1.50 bits per heavy atom. The van der Waals surface area contributed by atoms with Crippen LogP contribution >= 0.6 is 0 Å². The molecule has 4 heteroatoms. The maximum atomic E-state index is 12.5. The van der Waals surface area contributed by atoms with Gasteiger partial charge in [0.05, 0.1) is 12.6 Å². The molecule has 0 spiro atoms. The molecule has 1 heterocycles. The first-order valence-corrected chi connectivity index (χ1v) is 6.42. The zero-order valence-electron chi connectivity index (χ0n) is 10.7. The second-order valence-electron chi connectivity index (χ2n) is 4.85. The van der Waals surface area contributed by atoms with Crippen molar-refractivity contribution in [2.24, 2.45) is 0 Å². The van der Waals surface area contributed by atoms with Gasteiger partial charge in [0.15, 0.2) is 0 Å². The number of anilines is 1. The van der Waals surface area contributed by atoms with Crippen LogP contribution in [0.2, 0.25) is 0 Å². The predicted octanol–water partition coefficient (Wildman–Crippen LogP) is 1.56. The van der Waals surface area contributed by atoms with Crippen molar-refractivity contribution in [3.63, 3.8) is 0 Å². The van der Waals surface area contributed by atoms with E-state index in [0.29, 0.717) is 11.3 Å². The molecular formula is C14H20N2O2. The summed E-state index contributed by atoms with van der Waals surface area (Å²) in [4.78, 5) is 14.3. The van der Waals surface area contributed by atoms with Gasteiger partial charge in [-0.3, -0.25) is 4.79 Å². The van der Waals surface area contributed by atoms with E-state index in [9.17, 15) is 9.90 Å². The Bertz CT molecular complexity index is 445. The minimum Gasteiger partial charge on any atom is -0.398 e. The monoisotopic (exact) mass is 248 g/mol. The van der Waals surface area contributed by atoms with E-state index in [0.717, 1.165) is 31.4 Å². The van der Waals surface area contributed by atoms with Crippen LogP contribution in [-0.2, 0) is 0 Å². The summed E-state index contributed by atoms with van der Waals surface area (Å²) in [6.45, 7) is 2.62. The highest BCUT2D eigenvalue weighted by molar-refractivity contribution is 5.97. The fraction of sp³-hybridized carbons (Fsp3) is 0.500. The lowest BCUT2D eigenvalue weighted by Crippen LogP contribution is -2.45. The van der Waals surface area contributed by atoms with E-state index in [2.05, 4.69) is 0 Å². The number of nitrogen functional groups attached to an aromatic ring is 1. The largest absolute Gasteiger partial charge is 0.398 e. The number of rotatable bonds is 2. The van der Waals surface area contributed by atoms with E-state index in [4.69, 9.17) is 5.73 Å². The highest BCUT2D eigenvalue weighted by Gasteiger charge is 2.27. The highest BCUT2D eigenvalue weighted by atomic mass is 16.3. The molecule has 1 aromatic rings. The summed E-state index contributed by atoms with van der Waals surface area (Å²) in [6.07, 6.45) is 2.96. The number of carbonyl (C=O) groups excluding carboxylic acids is 1. The van der Waals surface area contributed by atoms with Gasteiger partial charge in [0.25, 0.3) is 5.91 Å². The highest BCUT2D eigenvalue weighted by Crippen LogP contribution is 2.22. The number of hydrogen-bond donors (Lipinski definition) is 2. The topological polar surface area (TPSA) is 66.6 Å². The van der Waals surface area contributed by atoms with Gasteiger partial charge in [-0.15, -0.1) is 0 Å². The van der Waals surface area contributed by atoms with E-state index < -0.39 is 0 Å². The molecule has 1 atom stereocenters. The smallest absolute Gasteiger partial charge is 0.254 e. The number of amides is 1. The van der Waals surface area contributed by atoms with E-state index in [-0.39, 0.29) is 18.6 Å². The summed E-state index contributed by atoms with van der Waals surface area (Å²) in [5, 5.41) is 9.36. The Balaban J connectivity index is 2.27. The Hall–Kier alpha value is -1.55. The molecule has 1 saturated heterocycles. The molecule has 0 aliphatic carbocycles. The molecule has 0 radical (unpaired) electrons. The zero-order valence-corrected chi connectivity index (χ0v) is 10.7. The van der Waals surface area contributed by atoms with Crippen molar-refractivity contribution in [2.75, 3.05) is 18.9 Å². The maximum absolute atomic E-state index is 12.5. The van der Waals surface area contributed by atoms with Gasteiger partial charge in [-0.1, -0.05) is 6.07 Å². The van der Waals surface area contributed by atoms with Crippen molar-refractivity contribution in [1.29, 1.82) is 0 Å². The molecule has 1 aromatic carbocycles. The Morgan fingerprint density at radius 3 is 3.00 bits per heavy atom. The van der Waals surface area contributed by atoms with Crippen LogP contribution < -0.4 is 5.73 Å². The molecule has 3 N–H and O–H groups in total. The van der Waals surface area contributed by atoms with Crippen LogP contribution in [0.5, 0.6) is 0 Å². The summed E-state index contributed by atoms with van der Waals surface area (Å²) in [7, 11) is 0. The quantitative estimate of drug-likeness (QED) is 0.781. The second kappa shape index (κ2) is 5.40. The molecule has 1 aliphatic rings. The van der Waals surface area contributed by atoms with Crippen molar-refractivity contribution < 1.29 is 9.90 Å². The molecule has 1 amide bonds. The second-order valence-corrected chi connectivity index (χ2v) is 4.85. The number of aliphatic hydroxyl groups excluding tert-OH is 1. The third-order valence-corrected chi connectivity index (χ3v) is 3.70. The maximum Gasteiger partial charge on any atom is 0.254 e. The van der Waals surface area contributed by atoms with Gasteiger partial charge in [-0.05, 0) is 43.9 Å². The van der Waals surface area contributed by atoms with Gasteiger partial charge in [0.2, 0.25) is 0 Å². The number of nitrogens with zero attached hydrogens (tertiary/aromatic N) is 1. The van der Waals surface area contributed by atoms with Gasteiger partial charge in [-0.2, -0.15) is 0 Å². The number of nitrogens with two attached hydrogens (primary N) is 1. The molecule has 4 nitrogen and oxygen atoms in total. The number of piperidine rings is 1. The number of carbonyl (C=O) groups is 1. The van der Waals surface area contributed by atoms with Crippen LogP contribution in [-0.4, -0.2) is 35.1 Å². The molecular weight excluding hydrogens is 228 g/mol. The molecule has 2 rings (SSSR count). The minimum absolute atomic E-state index is 0.0152. The van der Waals surface area contributed by atoms with E-state index in [1.54, 1.807) is 23.1 Å². The van der Waals surface area contributed by atoms with Crippen molar-refractivity contribution in [3.05, 3.63) is 29.3 Å². The average molecular weight is 248 g/mol. The van der Waals surface area contributed by atoms with Crippen molar-refractivity contribution in [3.8, 4) is 0 Å². The Kier molecular flexibility index (Phi) is 3.87. The SMILES string of the molecule is Cc1c(N)cccc1C(=O)N1CCCCC1CO. The summed E-state index contributed by atoms with van der Waals surface area (Å²) >= 11 is 0. The molecule has 0 aromatic heterocycles. The third kappa shape index (κ3) is 2.34. The van der Waals surface area contributed by atoms with Crippen LogP contribution in [0.25, 0.3) is 0 Å². The lowest BCUT2D eigenvalue weighted by Gasteiger charge is -2.35. The van der Waals surface area contributed by atoms with Crippen molar-refractivity contribution in [2.45, 2.75) is 32.2 Å². The summed E-state index contributed by atoms with van der Waals surface area (Å²) < 4.78 is 0. The van der Waals surface area contributed by atoms with Crippen LogP contribution in [0.3, 0.4) is 0 Å². The number of aliphatic hydroxyl groups is 1. The predicted molar refractivity (Wildman–Crippen MR) is 71.4 cm³/mol. The molecule has 0 bridgehead atoms. The lowest BCUT2D eigenvalue weighted by atomic mass is 9.99. The average Bonchev–Trinajstić information content (AvgIpc) is 2.41. The van der Waals surface area contributed by atoms with Crippen molar-refractivity contribution in [1.82, 2.24) is 4.90 Å². The van der Waals surface area contributed by atoms with Gasteiger partial charge >= 0.3 is 0 Å². The fourth-order valence-electron chi connectivity index (χ4n) is 2.50. The van der Waals surface area contributed by atoms with Gasteiger partial charge in [0, 0.05) is 17.8 Å². The standard InChI is InChI=1S/C14H20N2O2/c1-10-12(6-4-7-13(10)15)14(18)16-8-3-2-5-11(16)9-17/h4,6-7,11,17H,2-3,5,8-9,15H2,1H3. The van der Waals surface area contributed by atoms with Crippen LogP contribution in [0, 0.1) is 6.92 Å². The van der Waals surface area contributed by atoms with Crippen LogP contribution in [0.4, 0.5) is 5.69 Å². The summed E-state index contributed by atoms with van der Waals surface area (Å²) in [6, 6.07) is 5.35. The van der Waals surface area contributed by atoms with E-state index >= 15 is 0 Å². The Morgan fingerprint density at radius 2 is 2.28 bits per heavy atom. The van der Waals surface area contributed by atoms with Gasteiger partial charge in [-0.25, -0.2) is 0 Å². The van der Waals surface area contributed by atoms with E-state index in [1.165, 1.54) is 0 Å². The lowest BCUT2D eigenvalue weighted by molar-refractivity contribution is 0.0502. The van der Waals surface area contributed by atoms with Crippen LogP contribution in [0.1, 0.15) is 35.2 Å². The van der Waals surface area contributed by atoms with Crippen LogP contribution in [0.15, 0.2) is 18.2 Å². The molecule has 98 valence electrons. The fourth-order valence-corrected chi connectivity index (χ4v) is 2.50. The first-order valence-electron chi connectivity index (χ1n) is 6.42. The molecule has 0 saturated carbocycles. The van der Waals surface area contributed by atoms with E-state index in [1.807, 2.05) is 6.92 Å². The Labute approximate surface area is 107 Å². The number of hydrogen-bond acceptors (Lipinski definition) is 3. The van der Waals surface area contributed by atoms with Gasteiger partial charge in [0.1, 0.15) is 0 Å². The molecule has 1 fully saturated rings. The zero-order chi connectivity index (χ0) is 13.1. The normalized spacial score (nSPS) is 19.9. The van der Waals surface area contributed by atoms with Crippen molar-refractivity contribution >= 4 is 11.6 Å². The third-order valence-electron chi connectivity index (χ3n) is 3.70. The summed E-state index contributed by atoms with van der Waals surface area (Å²) in [5.41, 5.74) is 7.94. The molecule has 1 unspecified atom stereocenters. The number of benzene rings is 1. The first kappa shape index (κ1) is 12.9. The van der Waals surface area contributed by atoms with Gasteiger partial charge < -0.3 is 15.7 Å². The minimum atomic E-state index is -0.0490. The summed E-state index contributed by atoms with van der Waals surface area (Å²) in [5.74, 6) is -0.0152. The first-order chi connectivity index (χ1) is 8.65. The molecule has 1 aliphatic heterocycles.